The van der Waals surface area contributed by atoms with Crippen LogP contribution in [0.2, 0.25) is 0 Å². The van der Waals surface area contributed by atoms with Crippen LogP contribution in [-0.2, 0) is 4.74 Å². The molecule has 0 amide bonds. The molecular formula is C11H8F16O2. The summed E-state index contributed by atoms with van der Waals surface area (Å²) in [6.07, 6.45) is -14.7. The van der Waals surface area contributed by atoms with Gasteiger partial charge in [0, 0.05) is 0 Å². The number of aliphatic hydroxyl groups excluding tert-OH is 1. The third-order valence-corrected chi connectivity index (χ3v) is 3.12. The molecule has 2 atom stereocenters. The highest BCUT2D eigenvalue weighted by Crippen LogP contribution is 2.62. The van der Waals surface area contributed by atoms with Crippen LogP contribution in [0.5, 0.6) is 0 Å². The fourth-order valence-electron chi connectivity index (χ4n) is 1.45. The zero-order valence-corrected chi connectivity index (χ0v) is 13.3. The van der Waals surface area contributed by atoms with Crippen LogP contribution >= 0.6 is 0 Å². The summed E-state index contributed by atoms with van der Waals surface area (Å²) >= 11 is 0. The van der Waals surface area contributed by atoms with E-state index in [1.807, 2.05) is 0 Å². The highest BCUT2D eigenvalue weighted by atomic mass is 19.4. The standard InChI is InChI=1S/C11H8F16O2/c1-3(28)2-29-4(12)5(13,14)6(15,16)7(17,18)8(19,20)9(21,22)10(23,24)11(25,26)27/h3-4,28H,2H2,1H3. The smallest absolute Gasteiger partial charge is 0.391 e. The number of rotatable bonds is 9. The number of alkyl halides is 16. The quantitative estimate of drug-likeness (QED) is 0.472. The van der Waals surface area contributed by atoms with Crippen LogP contribution in [0.1, 0.15) is 6.92 Å². The first-order valence-corrected chi connectivity index (χ1v) is 6.61. The van der Waals surface area contributed by atoms with E-state index < -0.39 is 60.8 Å². The van der Waals surface area contributed by atoms with Crippen molar-refractivity contribution < 1.29 is 80.1 Å². The Morgan fingerprint density at radius 2 is 0.931 bits per heavy atom. The molecule has 2 unspecified atom stereocenters. The highest BCUT2D eigenvalue weighted by molar-refractivity contribution is 5.13. The van der Waals surface area contributed by atoms with Crippen LogP contribution in [0, 0.1) is 0 Å². The lowest BCUT2D eigenvalue weighted by Gasteiger charge is -2.41. The molecule has 29 heavy (non-hydrogen) atoms. The SMILES string of the molecule is CC(O)COC(F)C(F)(F)C(F)(F)C(F)(F)C(F)(F)C(F)(F)C(F)(F)C(F)(F)F. The molecule has 0 saturated heterocycles. The van der Waals surface area contributed by atoms with E-state index in [0.29, 0.717) is 6.92 Å². The molecule has 0 heterocycles. The lowest BCUT2D eigenvalue weighted by molar-refractivity contribution is -0.459. The Morgan fingerprint density at radius 1 is 0.621 bits per heavy atom. The first kappa shape index (κ1) is 27.8. The molecule has 18 heteroatoms. The molecule has 0 aromatic heterocycles. The summed E-state index contributed by atoms with van der Waals surface area (Å²) in [5.41, 5.74) is 0. The molecule has 0 radical (unpaired) electrons. The van der Waals surface area contributed by atoms with Gasteiger partial charge in [-0.05, 0) is 6.92 Å². The highest BCUT2D eigenvalue weighted by Gasteiger charge is 2.94. The van der Waals surface area contributed by atoms with E-state index >= 15 is 0 Å². The average Bonchev–Trinajstić information content (AvgIpc) is 2.50. The van der Waals surface area contributed by atoms with Crippen molar-refractivity contribution in [2.45, 2.75) is 61.1 Å². The van der Waals surface area contributed by atoms with Crippen molar-refractivity contribution in [1.82, 2.24) is 0 Å². The van der Waals surface area contributed by atoms with E-state index in [1.54, 1.807) is 0 Å². The Morgan fingerprint density at radius 3 is 1.24 bits per heavy atom. The lowest BCUT2D eigenvalue weighted by atomic mass is 9.91. The molecule has 2 nitrogen and oxygen atoms in total. The minimum Gasteiger partial charge on any atom is -0.391 e. The minimum atomic E-state index is -8.49. The van der Waals surface area contributed by atoms with Crippen molar-refractivity contribution in [2.24, 2.45) is 0 Å². The molecule has 0 aliphatic rings. The molecule has 0 spiro atoms. The molecule has 0 aromatic rings. The second-order valence-corrected chi connectivity index (χ2v) is 5.49. The van der Waals surface area contributed by atoms with Crippen molar-refractivity contribution in [3.05, 3.63) is 0 Å². The van der Waals surface area contributed by atoms with E-state index in [2.05, 4.69) is 4.74 Å². The largest absolute Gasteiger partial charge is 0.460 e. The van der Waals surface area contributed by atoms with Gasteiger partial charge in [-0.15, -0.1) is 0 Å². The first-order chi connectivity index (χ1) is 12.3. The maximum absolute atomic E-state index is 13.2. The van der Waals surface area contributed by atoms with Gasteiger partial charge in [-0.2, -0.15) is 65.9 Å². The van der Waals surface area contributed by atoms with Gasteiger partial charge in [-0.1, -0.05) is 0 Å². The predicted octanol–water partition coefficient (Wildman–Crippen LogP) is 5.05. The summed E-state index contributed by atoms with van der Waals surface area (Å²) in [5.74, 6) is -48.5. The molecule has 0 rings (SSSR count). The van der Waals surface area contributed by atoms with Crippen molar-refractivity contribution >= 4 is 0 Å². The molecule has 0 bridgehead atoms. The minimum absolute atomic E-state index is 0.630. The second-order valence-electron chi connectivity index (χ2n) is 5.49. The Labute approximate surface area is 149 Å². The van der Waals surface area contributed by atoms with Gasteiger partial charge >= 0.3 is 41.7 Å². The molecule has 176 valence electrons. The van der Waals surface area contributed by atoms with Gasteiger partial charge in [0.05, 0.1) is 12.7 Å². The monoisotopic (exact) mass is 476 g/mol. The Bertz CT molecular complexity index is 566. The van der Waals surface area contributed by atoms with E-state index in [0.717, 1.165) is 0 Å². The zero-order chi connectivity index (χ0) is 24.1. The fraction of sp³-hybridized carbons (Fsp3) is 1.00. The molecule has 1 N–H and O–H groups in total. The van der Waals surface area contributed by atoms with E-state index in [4.69, 9.17) is 5.11 Å². The number of hydrogen-bond acceptors (Lipinski definition) is 2. The van der Waals surface area contributed by atoms with Gasteiger partial charge in [-0.25, -0.2) is 4.39 Å². The average molecular weight is 476 g/mol. The summed E-state index contributed by atoms with van der Waals surface area (Å²) in [6, 6.07) is 0. The second kappa shape index (κ2) is 7.49. The van der Waals surface area contributed by atoms with Crippen molar-refractivity contribution in [1.29, 1.82) is 0 Å². The van der Waals surface area contributed by atoms with Crippen LogP contribution in [0.4, 0.5) is 70.2 Å². The number of halogens is 16. The lowest BCUT2D eigenvalue weighted by Crippen LogP contribution is -2.73. The number of ether oxygens (including phenoxy) is 1. The molecule has 0 aliphatic carbocycles. The van der Waals surface area contributed by atoms with Crippen LogP contribution in [0.25, 0.3) is 0 Å². The molecule has 0 saturated carbocycles. The van der Waals surface area contributed by atoms with Crippen molar-refractivity contribution in [3.8, 4) is 0 Å². The van der Waals surface area contributed by atoms with Gasteiger partial charge in [0.25, 0.3) is 6.36 Å². The Hall–Kier alpha value is -1.20. The number of hydrogen-bond donors (Lipinski definition) is 1. The van der Waals surface area contributed by atoms with E-state index in [1.165, 1.54) is 0 Å². The Balaban J connectivity index is 6.35. The summed E-state index contributed by atoms with van der Waals surface area (Å²) in [7, 11) is 0. The normalized spacial score (nSPS) is 18.0. The summed E-state index contributed by atoms with van der Waals surface area (Å²) < 4.78 is 208. The Kier molecular flexibility index (Phi) is 7.18. The number of aliphatic hydroxyl groups is 1. The predicted molar refractivity (Wildman–Crippen MR) is 58.3 cm³/mol. The van der Waals surface area contributed by atoms with E-state index in [9.17, 15) is 70.2 Å². The van der Waals surface area contributed by atoms with Gasteiger partial charge < -0.3 is 9.84 Å². The van der Waals surface area contributed by atoms with E-state index in [-0.39, 0.29) is 0 Å². The molecule has 0 aromatic carbocycles. The van der Waals surface area contributed by atoms with Crippen LogP contribution in [-0.4, -0.2) is 65.9 Å². The van der Waals surface area contributed by atoms with Crippen molar-refractivity contribution in [3.63, 3.8) is 0 Å². The zero-order valence-electron chi connectivity index (χ0n) is 13.3. The molecule has 0 fully saturated rings. The summed E-state index contributed by atoms with van der Waals surface area (Å²) in [4.78, 5) is 0. The van der Waals surface area contributed by atoms with Gasteiger partial charge in [-0.3, -0.25) is 0 Å². The first-order valence-electron chi connectivity index (χ1n) is 6.61. The fourth-order valence-corrected chi connectivity index (χ4v) is 1.45. The van der Waals surface area contributed by atoms with Crippen LogP contribution in [0.15, 0.2) is 0 Å². The summed E-state index contributed by atoms with van der Waals surface area (Å²) in [6.45, 7) is -1.03. The van der Waals surface area contributed by atoms with Gasteiger partial charge in [0.1, 0.15) is 0 Å². The topological polar surface area (TPSA) is 29.5 Å². The third-order valence-electron chi connectivity index (χ3n) is 3.12. The van der Waals surface area contributed by atoms with Crippen molar-refractivity contribution in [2.75, 3.05) is 6.61 Å². The molecular weight excluding hydrogens is 468 g/mol. The van der Waals surface area contributed by atoms with Gasteiger partial charge in [0.2, 0.25) is 0 Å². The van der Waals surface area contributed by atoms with Gasteiger partial charge in [0.15, 0.2) is 0 Å². The maximum Gasteiger partial charge on any atom is 0.460 e. The maximum atomic E-state index is 13.2. The van der Waals surface area contributed by atoms with Crippen LogP contribution in [0.3, 0.4) is 0 Å². The van der Waals surface area contributed by atoms with Crippen LogP contribution < -0.4 is 0 Å². The molecule has 0 aliphatic heterocycles. The summed E-state index contributed by atoms with van der Waals surface area (Å²) in [5, 5.41) is 8.55. The third kappa shape index (κ3) is 4.05.